The van der Waals surface area contributed by atoms with Crippen molar-refractivity contribution in [2.75, 3.05) is 54.6 Å². The summed E-state index contributed by atoms with van der Waals surface area (Å²) in [6.07, 6.45) is -6.85. The molecule has 0 bridgehead atoms. The van der Waals surface area contributed by atoms with Gasteiger partial charge in [-0.3, -0.25) is 4.90 Å². The first-order valence-corrected chi connectivity index (χ1v) is 15.2. The molecule has 4 heterocycles. The summed E-state index contributed by atoms with van der Waals surface area (Å²) >= 11 is 0. The molecule has 254 valence electrons. The van der Waals surface area contributed by atoms with Crippen LogP contribution in [0.1, 0.15) is 55.1 Å². The average molecular weight is 668 g/mol. The predicted molar refractivity (Wildman–Crippen MR) is 161 cm³/mol. The topological polar surface area (TPSA) is 95.9 Å². The van der Waals surface area contributed by atoms with Gasteiger partial charge in [-0.2, -0.15) is 26.3 Å². The number of hydrogen-bond donors (Lipinski definition) is 1. The number of aromatic nitrogens is 3. The summed E-state index contributed by atoms with van der Waals surface area (Å²) in [5.41, 5.74) is -1.72. The van der Waals surface area contributed by atoms with Crippen molar-refractivity contribution >= 4 is 23.4 Å². The van der Waals surface area contributed by atoms with Crippen molar-refractivity contribution in [2.45, 2.75) is 57.7 Å². The van der Waals surface area contributed by atoms with E-state index in [2.05, 4.69) is 25.2 Å². The number of carbonyl (C=O) groups is 1. The van der Waals surface area contributed by atoms with E-state index in [4.69, 9.17) is 9.47 Å². The predicted octanol–water partition coefficient (Wildman–Crippen LogP) is 6.22. The van der Waals surface area contributed by atoms with Crippen LogP contribution in [0.2, 0.25) is 0 Å². The Bertz CT molecular complexity index is 1520. The third kappa shape index (κ3) is 7.47. The van der Waals surface area contributed by atoms with E-state index in [9.17, 15) is 31.1 Å². The first-order valence-electron chi connectivity index (χ1n) is 15.2. The van der Waals surface area contributed by atoms with Crippen LogP contribution in [0.25, 0.3) is 0 Å². The Morgan fingerprint density at radius 3 is 2.19 bits per heavy atom. The van der Waals surface area contributed by atoms with Gasteiger partial charge in [-0.1, -0.05) is 6.92 Å². The molecule has 2 aromatic heterocycles. The van der Waals surface area contributed by atoms with Crippen LogP contribution in [-0.2, 0) is 23.6 Å². The Morgan fingerprint density at radius 2 is 1.64 bits per heavy atom. The Kier molecular flexibility index (Phi) is 9.98. The Morgan fingerprint density at radius 1 is 1.00 bits per heavy atom. The second-order valence-corrected chi connectivity index (χ2v) is 11.2. The van der Waals surface area contributed by atoms with Gasteiger partial charge in [0.2, 0.25) is 11.8 Å². The second kappa shape index (κ2) is 13.8. The lowest BCUT2D eigenvalue weighted by Crippen LogP contribution is -2.48. The van der Waals surface area contributed by atoms with Crippen LogP contribution in [-0.4, -0.2) is 67.0 Å². The fourth-order valence-corrected chi connectivity index (χ4v) is 5.92. The number of ether oxygens (including phenoxy) is 2. The van der Waals surface area contributed by atoms with E-state index in [0.29, 0.717) is 43.0 Å². The standard InChI is InChI=1S/C31H35F6N7O3/c1-4-22-15-25(27-24(6-7-26(41-27)46-3)44(22)29(45)47-5-2)43(28-39-16-23(17-40-28)42-10-8-38-9-11-42)18-19-12-20(30(32,33)34)14-21(13-19)31(35,36)37/h6-7,12-14,16-17,22,25,38H,4-5,8-11,15,18H2,1-3H3/t22-,25+/m1/s1. The second-order valence-electron chi connectivity index (χ2n) is 11.2. The first kappa shape index (κ1) is 34.0. The highest BCUT2D eigenvalue weighted by atomic mass is 19.4. The van der Waals surface area contributed by atoms with Crippen LogP contribution in [0.3, 0.4) is 0 Å². The molecule has 3 aromatic rings. The molecule has 5 rings (SSSR count). The summed E-state index contributed by atoms with van der Waals surface area (Å²) in [6.45, 7) is 6.15. The van der Waals surface area contributed by atoms with Crippen LogP contribution >= 0.6 is 0 Å². The molecular formula is C31H35F6N7O3. The molecule has 0 saturated carbocycles. The monoisotopic (exact) mass is 667 g/mol. The normalized spacial score (nSPS) is 18.5. The number of nitrogens with zero attached hydrogens (tertiary/aromatic N) is 6. The Labute approximate surface area is 267 Å². The van der Waals surface area contributed by atoms with Gasteiger partial charge < -0.3 is 24.6 Å². The summed E-state index contributed by atoms with van der Waals surface area (Å²) in [6, 6.07) is 3.43. The molecule has 2 aliphatic heterocycles. The average Bonchev–Trinajstić information content (AvgIpc) is 3.06. The number of rotatable bonds is 8. The van der Waals surface area contributed by atoms with E-state index in [1.54, 1.807) is 31.5 Å². The lowest BCUT2D eigenvalue weighted by atomic mass is 9.92. The van der Waals surface area contributed by atoms with Crippen LogP contribution in [0.5, 0.6) is 5.88 Å². The van der Waals surface area contributed by atoms with Gasteiger partial charge in [0.05, 0.1) is 60.3 Å². The minimum atomic E-state index is -5.03. The molecule has 2 atom stereocenters. The van der Waals surface area contributed by atoms with Gasteiger partial charge in [0.15, 0.2) is 0 Å². The number of nitrogens with one attached hydrogen (secondary N) is 1. The molecule has 16 heteroatoms. The van der Waals surface area contributed by atoms with Gasteiger partial charge in [0.1, 0.15) is 0 Å². The molecule has 0 unspecified atom stereocenters. The number of alkyl halides is 6. The number of amides is 1. The van der Waals surface area contributed by atoms with Gasteiger partial charge in [-0.05, 0) is 49.6 Å². The SMILES string of the molecule is CCOC(=O)N1c2ccc(OC)nc2[C@@H](N(Cc2cc(C(F)(F)F)cc(C(F)(F)F)c2)c2ncc(N3CCNCC3)cn2)C[C@H]1CC. The third-order valence-electron chi connectivity index (χ3n) is 8.20. The number of fused-ring (bicyclic) bond motifs is 1. The summed E-state index contributed by atoms with van der Waals surface area (Å²) in [5, 5.41) is 3.26. The van der Waals surface area contributed by atoms with E-state index in [0.717, 1.165) is 18.8 Å². The van der Waals surface area contributed by atoms with E-state index in [1.165, 1.54) is 16.9 Å². The van der Waals surface area contributed by atoms with Gasteiger partial charge in [0.25, 0.3) is 0 Å². The fourth-order valence-electron chi connectivity index (χ4n) is 5.92. The van der Waals surface area contributed by atoms with Crippen LogP contribution in [0, 0.1) is 0 Å². The third-order valence-corrected chi connectivity index (χ3v) is 8.20. The van der Waals surface area contributed by atoms with Crippen LogP contribution in [0.15, 0.2) is 42.7 Å². The van der Waals surface area contributed by atoms with Gasteiger partial charge in [-0.25, -0.2) is 19.7 Å². The number of carbonyl (C=O) groups excluding carboxylic acids is 1. The van der Waals surface area contributed by atoms with E-state index in [1.807, 2.05) is 6.92 Å². The van der Waals surface area contributed by atoms with Crippen LogP contribution in [0.4, 0.5) is 48.5 Å². The molecule has 0 spiro atoms. The summed E-state index contributed by atoms with van der Waals surface area (Å²) in [4.78, 5) is 32.0. The highest BCUT2D eigenvalue weighted by Crippen LogP contribution is 2.44. The number of methoxy groups -OCH3 is 1. The molecule has 1 aromatic carbocycles. The fraction of sp³-hybridized carbons (Fsp3) is 0.484. The Balaban J connectivity index is 1.66. The maximum Gasteiger partial charge on any atom is 0.416 e. The van der Waals surface area contributed by atoms with Crippen molar-refractivity contribution in [3.8, 4) is 5.88 Å². The molecule has 0 radical (unpaired) electrons. The molecule has 1 N–H and O–H groups in total. The van der Waals surface area contributed by atoms with Crippen molar-refractivity contribution in [2.24, 2.45) is 0 Å². The number of anilines is 3. The van der Waals surface area contributed by atoms with Crippen LogP contribution < -0.4 is 24.8 Å². The molecular weight excluding hydrogens is 632 g/mol. The lowest BCUT2D eigenvalue weighted by molar-refractivity contribution is -0.143. The van der Waals surface area contributed by atoms with Gasteiger partial charge >= 0.3 is 18.4 Å². The van der Waals surface area contributed by atoms with Gasteiger partial charge in [0, 0.05) is 44.8 Å². The maximum absolute atomic E-state index is 13.8. The number of piperazine rings is 1. The number of pyridine rings is 1. The molecule has 2 aliphatic rings. The van der Waals surface area contributed by atoms with Crippen molar-refractivity contribution in [1.29, 1.82) is 0 Å². The zero-order valence-electron chi connectivity index (χ0n) is 26.0. The van der Waals surface area contributed by atoms with E-state index < -0.39 is 48.2 Å². The minimum absolute atomic E-state index is 0.0647. The van der Waals surface area contributed by atoms with E-state index >= 15 is 0 Å². The largest absolute Gasteiger partial charge is 0.481 e. The lowest BCUT2D eigenvalue weighted by Gasteiger charge is -2.43. The van der Waals surface area contributed by atoms with Gasteiger partial charge in [-0.15, -0.1) is 0 Å². The highest BCUT2D eigenvalue weighted by molar-refractivity contribution is 5.90. The van der Waals surface area contributed by atoms with Crippen molar-refractivity contribution in [3.63, 3.8) is 0 Å². The molecule has 10 nitrogen and oxygen atoms in total. The van der Waals surface area contributed by atoms with E-state index in [-0.39, 0.29) is 36.5 Å². The maximum atomic E-state index is 13.8. The quantitative estimate of drug-likeness (QED) is 0.281. The summed E-state index contributed by atoms with van der Waals surface area (Å²) in [5.74, 6) is 0.260. The minimum Gasteiger partial charge on any atom is -0.481 e. The molecule has 1 saturated heterocycles. The van der Waals surface area contributed by atoms with Crippen molar-refractivity contribution in [1.82, 2.24) is 20.3 Å². The zero-order chi connectivity index (χ0) is 33.9. The molecule has 1 fully saturated rings. The summed E-state index contributed by atoms with van der Waals surface area (Å²) in [7, 11) is 1.40. The Hall–Kier alpha value is -4.34. The number of hydrogen-bond acceptors (Lipinski definition) is 9. The zero-order valence-corrected chi connectivity index (χ0v) is 26.0. The molecule has 0 aliphatic carbocycles. The smallest absolute Gasteiger partial charge is 0.416 e. The highest BCUT2D eigenvalue weighted by Gasteiger charge is 2.42. The summed E-state index contributed by atoms with van der Waals surface area (Å²) < 4.78 is 93.8. The molecule has 47 heavy (non-hydrogen) atoms. The molecule has 1 amide bonds. The first-order chi connectivity index (χ1) is 22.3. The van der Waals surface area contributed by atoms with Crippen molar-refractivity contribution in [3.05, 3.63) is 65.1 Å². The number of halogens is 6. The van der Waals surface area contributed by atoms with Crippen molar-refractivity contribution < 1.29 is 40.6 Å². The number of benzene rings is 1.